The van der Waals surface area contributed by atoms with E-state index in [2.05, 4.69) is 5.32 Å². The van der Waals surface area contributed by atoms with Gasteiger partial charge in [-0.15, -0.1) is 0 Å². The van der Waals surface area contributed by atoms with E-state index >= 15 is 0 Å². The zero-order valence-electron chi connectivity index (χ0n) is 12.3. The Hall–Kier alpha value is -2.84. The van der Waals surface area contributed by atoms with Crippen LogP contribution in [0.1, 0.15) is 22.8 Å². The van der Waals surface area contributed by atoms with Crippen LogP contribution in [0.3, 0.4) is 0 Å². The van der Waals surface area contributed by atoms with Crippen molar-refractivity contribution < 1.29 is 14.3 Å². The molecule has 116 valence electrons. The molecule has 0 atom stereocenters. The number of hydrogen-bond donors (Lipinski definition) is 1. The van der Waals surface area contributed by atoms with Crippen molar-refractivity contribution in [1.82, 2.24) is 0 Å². The Morgan fingerprint density at radius 3 is 2.48 bits per heavy atom. The third kappa shape index (κ3) is 4.56. The van der Waals surface area contributed by atoms with Crippen molar-refractivity contribution in [3.63, 3.8) is 0 Å². The van der Waals surface area contributed by atoms with E-state index in [1.165, 1.54) is 19.1 Å². The Kier molecular flexibility index (Phi) is 5.34. The summed E-state index contributed by atoms with van der Waals surface area (Å²) in [5, 5.41) is 11.7. The lowest BCUT2D eigenvalue weighted by Gasteiger charge is -2.09. The molecule has 2 aromatic carbocycles. The lowest BCUT2D eigenvalue weighted by Crippen LogP contribution is -2.20. The summed E-state index contributed by atoms with van der Waals surface area (Å²) in [6.45, 7) is 1.25. The van der Waals surface area contributed by atoms with Gasteiger partial charge in [-0.25, -0.2) is 0 Å². The molecule has 5 nitrogen and oxygen atoms in total. The highest BCUT2D eigenvalue weighted by Gasteiger charge is 2.08. The summed E-state index contributed by atoms with van der Waals surface area (Å²) in [4.78, 5) is 23.0. The van der Waals surface area contributed by atoms with E-state index in [9.17, 15) is 9.59 Å². The predicted molar refractivity (Wildman–Crippen MR) is 86.7 cm³/mol. The topological polar surface area (TPSA) is 79.2 Å². The van der Waals surface area contributed by atoms with E-state index in [0.717, 1.165) is 0 Å². The van der Waals surface area contributed by atoms with E-state index in [1.54, 1.807) is 30.3 Å². The van der Waals surface area contributed by atoms with Gasteiger partial charge in [-0.1, -0.05) is 11.6 Å². The van der Waals surface area contributed by atoms with E-state index in [-0.39, 0.29) is 23.3 Å². The zero-order chi connectivity index (χ0) is 16.8. The molecule has 0 aliphatic rings. The first-order valence-corrected chi connectivity index (χ1v) is 7.10. The van der Waals surface area contributed by atoms with Crippen molar-refractivity contribution in [1.29, 1.82) is 5.26 Å². The minimum atomic E-state index is -0.360. The van der Waals surface area contributed by atoms with Gasteiger partial charge in [0.25, 0.3) is 5.91 Å². The SMILES string of the molecule is CC(=O)c1ccc(NC(=O)COc2ccc(C#N)cc2Cl)cc1. The van der Waals surface area contributed by atoms with Gasteiger partial charge in [0.1, 0.15) is 5.75 Å². The second-order valence-electron chi connectivity index (χ2n) is 4.73. The van der Waals surface area contributed by atoms with Gasteiger partial charge in [-0.3, -0.25) is 9.59 Å². The molecule has 0 aromatic heterocycles. The molecule has 1 N–H and O–H groups in total. The molecular weight excluding hydrogens is 316 g/mol. The van der Waals surface area contributed by atoms with Crippen LogP contribution < -0.4 is 10.1 Å². The molecule has 0 saturated heterocycles. The Morgan fingerprint density at radius 1 is 1.22 bits per heavy atom. The van der Waals surface area contributed by atoms with Crippen LogP contribution in [0.4, 0.5) is 5.69 Å². The lowest BCUT2D eigenvalue weighted by molar-refractivity contribution is -0.118. The number of carbonyl (C=O) groups excluding carboxylic acids is 2. The molecule has 0 saturated carbocycles. The average Bonchev–Trinajstić information content (AvgIpc) is 2.54. The molecule has 0 heterocycles. The van der Waals surface area contributed by atoms with Crippen LogP contribution in [-0.4, -0.2) is 18.3 Å². The van der Waals surface area contributed by atoms with Crippen LogP contribution in [0.25, 0.3) is 0 Å². The number of rotatable bonds is 5. The van der Waals surface area contributed by atoms with E-state index < -0.39 is 0 Å². The third-order valence-corrected chi connectivity index (χ3v) is 3.29. The monoisotopic (exact) mass is 328 g/mol. The van der Waals surface area contributed by atoms with Crippen molar-refractivity contribution in [3.8, 4) is 11.8 Å². The molecule has 0 aliphatic heterocycles. The first-order chi connectivity index (χ1) is 11.0. The number of Topliss-reactive ketones (excluding diaryl/α,β-unsaturated/α-hetero) is 1. The number of carbonyl (C=O) groups is 2. The molecule has 0 aliphatic carbocycles. The number of nitriles is 1. The molecule has 2 rings (SSSR count). The number of ether oxygens (including phenoxy) is 1. The van der Waals surface area contributed by atoms with Gasteiger partial charge >= 0.3 is 0 Å². The van der Waals surface area contributed by atoms with Crippen LogP contribution in [0, 0.1) is 11.3 Å². The molecule has 1 amide bonds. The molecule has 6 heteroatoms. The van der Waals surface area contributed by atoms with Crippen molar-refractivity contribution in [3.05, 3.63) is 58.6 Å². The highest BCUT2D eigenvalue weighted by molar-refractivity contribution is 6.32. The maximum absolute atomic E-state index is 11.8. The molecule has 2 aromatic rings. The second-order valence-corrected chi connectivity index (χ2v) is 5.13. The summed E-state index contributed by atoms with van der Waals surface area (Å²) >= 11 is 5.96. The van der Waals surface area contributed by atoms with Gasteiger partial charge in [-0.2, -0.15) is 5.26 Å². The third-order valence-electron chi connectivity index (χ3n) is 2.99. The van der Waals surface area contributed by atoms with E-state index in [1.807, 2.05) is 6.07 Å². The Morgan fingerprint density at radius 2 is 1.91 bits per heavy atom. The van der Waals surface area contributed by atoms with E-state index in [4.69, 9.17) is 21.6 Å². The predicted octanol–water partition coefficient (Wildman–Crippen LogP) is 3.43. The highest BCUT2D eigenvalue weighted by atomic mass is 35.5. The molecule has 0 spiro atoms. The highest BCUT2D eigenvalue weighted by Crippen LogP contribution is 2.25. The lowest BCUT2D eigenvalue weighted by atomic mass is 10.1. The van der Waals surface area contributed by atoms with Gasteiger partial charge in [0.05, 0.1) is 16.7 Å². The first-order valence-electron chi connectivity index (χ1n) is 6.73. The Bertz CT molecular complexity index is 779. The fourth-order valence-corrected chi connectivity index (χ4v) is 2.05. The van der Waals surface area contributed by atoms with Crippen LogP contribution >= 0.6 is 11.6 Å². The normalized spacial score (nSPS) is 9.78. The van der Waals surface area contributed by atoms with Crippen LogP contribution in [0.5, 0.6) is 5.75 Å². The van der Waals surface area contributed by atoms with Crippen molar-refractivity contribution in [2.75, 3.05) is 11.9 Å². The number of halogens is 1. The Balaban J connectivity index is 1.92. The molecule has 0 radical (unpaired) electrons. The molecule has 0 bridgehead atoms. The summed E-state index contributed by atoms with van der Waals surface area (Å²) in [6, 6.07) is 13.1. The minimum Gasteiger partial charge on any atom is -0.482 e. The zero-order valence-corrected chi connectivity index (χ0v) is 13.1. The fourth-order valence-electron chi connectivity index (χ4n) is 1.82. The molecule has 0 fully saturated rings. The largest absolute Gasteiger partial charge is 0.482 e. The van der Waals surface area contributed by atoms with Crippen molar-refractivity contribution in [2.45, 2.75) is 6.92 Å². The van der Waals surface area contributed by atoms with Gasteiger partial charge in [0.2, 0.25) is 0 Å². The average molecular weight is 329 g/mol. The smallest absolute Gasteiger partial charge is 0.262 e. The summed E-state index contributed by atoms with van der Waals surface area (Å²) in [5.74, 6) is -0.0737. The first kappa shape index (κ1) is 16.5. The summed E-state index contributed by atoms with van der Waals surface area (Å²) in [6.07, 6.45) is 0. The van der Waals surface area contributed by atoms with Crippen LogP contribution in [-0.2, 0) is 4.79 Å². The maximum atomic E-state index is 11.8. The molecule has 0 unspecified atom stereocenters. The molecule has 23 heavy (non-hydrogen) atoms. The van der Waals surface area contributed by atoms with Gasteiger partial charge in [0.15, 0.2) is 12.4 Å². The summed E-state index contributed by atoms with van der Waals surface area (Å²) in [5.41, 5.74) is 1.55. The maximum Gasteiger partial charge on any atom is 0.262 e. The fraction of sp³-hybridized carbons (Fsp3) is 0.118. The van der Waals surface area contributed by atoms with Gasteiger partial charge < -0.3 is 10.1 Å². The molecular formula is C17H13ClN2O3. The van der Waals surface area contributed by atoms with Crippen LogP contribution in [0.15, 0.2) is 42.5 Å². The number of amides is 1. The second kappa shape index (κ2) is 7.43. The number of benzene rings is 2. The number of nitrogens with zero attached hydrogens (tertiary/aromatic N) is 1. The van der Waals surface area contributed by atoms with Crippen molar-refractivity contribution >= 4 is 29.0 Å². The standard InChI is InChI=1S/C17H13ClN2O3/c1-11(21)13-3-5-14(6-4-13)20-17(22)10-23-16-7-2-12(9-19)8-15(16)18/h2-8H,10H2,1H3,(H,20,22). The van der Waals surface area contributed by atoms with Gasteiger partial charge in [-0.05, 0) is 49.4 Å². The minimum absolute atomic E-state index is 0.0401. The van der Waals surface area contributed by atoms with Gasteiger partial charge in [0, 0.05) is 11.3 Å². The number of hydrogen-bond acceptors (Lipinski definition) is 4. The van der Waals surface area contributed by atoms with Crippen LogP contribution in [0.2, 0.25) is 5.02 Å². The number of anilines is 1. The summed E-state index contributed by atoms with van der Waals surface area (Å²) in [7, 11) is 0. The number of nitrogens with one attached hydrogen (secondary N) is 1. The van der Waals surface area contributed by atoms with E-state index in [0.29, 0.717) is 22.6 Å². The summed E-state index contributed by atoms with van der Waals surface area (Å²) < 4.78 is 5.32. The number of ketones is 1. The Labute approximate surface area is 138 Å². The van der Waals surface area contributed by atoms with Crippen molar-refractivity contribution in [2.24, 2.45) is 0 Å². The quantitative estimate of drug-likeness (QED) is 0.853.